The summed E-state index contributed by atoms with van der Waals surface area (Å²) in [4.78, 5) is 40.0. The first-order valence-electron chi connectivity index (χ1n) is 9.58. The number of hydrogen-bond acceptors (Lipinski definition) is 6. The lowest BCUT2D eigenvalue weighted by molar-refractivity contribution is -0.157. The second-order valence-electron chi connectivity index (χ2n) is 7.30. The van der Waals surface area contributed by atoms with Crippen LogP contribution < -0.4 is 0 Å². The van der Waals surface area contributed by atoms with Crippen LogP contribution in [0.4, 0.5) is 0 Å². The number of carbonyl (C=O) groups is 3. The van der Waals surface area contributed by atoms with Crippen molar-refractivity contribution < 1.29 is 24.6 Å². The Balaban J connectivity index is 1.45. The molecule has 2 saturated heterocycles. The molecule has 4 rings (SSSR count). The first-order valence-corrected chi connectivity index (χ1v) is 11.3. The van der Waals surface area contributed by atoms with Crippen molar-refractivity contribution in [3.63, 3.8) is 0 Å². The molecular formula is C20H22N2O5S2. The molecule has 2 N–H and O–H groups in total. The van der Waals surface area contributed by atoms with Crippen LogP contribution in [0, 0.1) is 5.92 Å². The highest BCUT2D eigenvalue weighted by Gasteiger charge is 2.58. The van der Waals surface area contributed by atoms with Crippen molar-refractivity contribution in [2.45, 2.75) is 36.5 Å². The summed E-state index contributed by atoms with van der Waals surface area (Å²) in [5.74, 6) is -2.03. The molecule has 0 spiro atoms. The van der Waals surface area contributed by atoms with Crippen molar-refractivity contribution in [3.05, 3.63) is 45.8 Å². The summed E-state index contributed by atoms with van der Waals surface area (Å²) in [5.41, 5.74) is 0.660. The maximum Gasteiger partial charge on any atom is 0.354 e. The van der Waals surface area contributed by atoms with Crippen molar-refractivity contribution in [1.29, 1.82) is 0 Å². The number of fused-ring (bicyclic) bond motifs is 1. The van der Waals surface area contributed by atoms with Gasteiger partial charge in [0.25, 0.3) is 5.91 Å². The molecule has 7 nitrogen and oxygen atoms in total. The number of benzene rings is 1. The first-order chi connectivity index (χ1) is 13.9. The van der Waals surface area contributed by atoms with Crippen molar-refractivity contribution >= 4 is 41.3 Å². The third kappa shape index (κ3) is 3.55. The molecule has 0 bridgehead atoms. The van der Waals surface area contributed by atoms with E-state index in [9.17, 15) is 24.6 Å². The summed E-state index contributed by atoms with van der Waals surface area (Å²) in [7, 11) is 0. The lowest BCUT2D eigenvalue weighted by Crippen LogP contribution is -2.61. The monoisotopic (exact) mass is 434 g/mol. The second kappa shape index (κ2) is 8.04. The van der Waals surface area contributed by atoms with Crippen LogP contribution in [0.1, 0.15) is 30.1 Å². The van der Waals surface area contributed by atoms with Gasteiger partial charge in [-0.05, 0) is 25.0 Å². The number of aliphatic hydroxyl groups is 1. The van der Waals surface area contributed by atoms with Gasteiger partial charge in [-0.1, -0.05) is 36.9 Å². The minimum absolute atomic E-state index is 0.0161. The van der Waals surface area contributed by atoms with Gasteiger partial charge in [0.1, 0.15) is 5.37 Å². The number of carboxylic acid groups (broad SMARTS) is 1. The summed E-state index contributed by atoms with van der Waals surface area (Å²) in [6, 6.07) is 9.10. The Morgan fingerprint density at radius 2 is 2.03 bits per heavy atom. The van der Waals surface area contributed by atoms with E-state index in [1.54, 1.807) is 24.0 Å². The zero-order valence-electron chi connectivity index (χ0n) is 15.9. The number of thioether (sulfide) groups is 2. The molecule has 1 aromatic rings. The van der Waals surface area contributed by atoms with E-state index in [2.05, 4.69) is 0 Å². The number of carbonyl (C=O) groups excluding carboxylic acids is 2. The first kappa shape index (κ1) is 20.3. The van der Waals surface area contributed by atoms with Gasteiger partial charge in [0, 0.05) is 23.9 Å². The largest absolute Gasteiger partial charge is 0.477 e. The van der Waals surface area contributed by atoms with E-state index in [4.69, 9.17) is 0 Å². The summed E-state index contributed by atoms with van der Waals surface area (Å²) >= 11 is 2.78. The quantitative estimate of drug-likeness (QED) is 0.662. The molecule has 3 aliphatic heterocycles. The van der Waals surface area contributed by atoms with Crippen molar-refractivity contribution in [2.75, 3.05) is 13.1 Å². The average Bonchev–Trinajstić information content (AvgIpc) is 3.31. The van der Waals surface area contributed by atoms with Gasteiger partial charge in [-0.2, -0.15) is 0 Å². The molecule has 3 aliphatic rings. The van der Waals surface area contributed by atoms with Gasteiger partial charge < -0.3 is 15.1 Å². The van der Waals surface area contributed by atoms with E-state index in [-0.39, 0.29) is 28.1 Å². The summed E-state index contributed by atoms with van der Waals surface area (Å²) < 4.78 is 0.598. The molecule has 2 amide bonds. The van der Waals surface area contributed by atoms with Crippen LogP contribution in [0.15, 0.2) is 40.3 Å². The van der Waals surface area contributed by atoms with Crippen LogP contribution in [0.2, 0.25) is 0 Å². The SMILES string of the molecule is CC[C@H](O)[C@@H]1C(=O)N2C(C(=O)O)=C(S[C@H]3CCN(C(=O)c4ccccc4)C3)S[C@H]12. The van der Waals surface area contributed by atoms with Crippen LogP contribution in [0.3, 0.4) is 0 Å². The second-order valence-corrected chi connectivity index (χ2v) is 10.0. The van der Waals surface area contributed by atoms with Crippen LogP contribution in [0.5, 0.6) is 0 Å². The maximum absolute atomic E-state index is 12.6. The molecule has 3 heterocycles. The smallest absolute Gasteiger partial charge is 0.354 e. The number of likely N-dealkylation sites (tertiary alicyclic amines) is 1. The normalized spacial score (nSPS) is 27.1. The highest BCUT2D eigenvalue weighted by Crippen LogP contribution is 2.55. The predicted octanol–water partition coefficient (Wildman–Crippen LogP) is 2.19. The fraction of sp³-hybridized carbons (Fsp3) is 0.450. The highest BCUT2D eigenvalue weighted by molar-refractivity contribution is 8.23. The van der Waals surface area contributed by atoms with Gasteiger partial charge in [-0.15, -0.1) is 11.8 Å². The average molecular weight is 435 g/mol. The van der Waals surface area contributed by atoms with Crippen LogP contribution >= 0.6 is 23.5 Å². The number of aliphatic hydroxyl groups excluding tert-OH is 1. The lowest BCUT2D eigenvalue weighted by atomic mass is 9.90. The number of β-lactam (4-membered cyclic amide) rings is 1. The Morgan fingerprint density at radius 1 is 1.31 bits per heavy atom. The zero-order valence-corrected chi connectivity index (χ0v) is 17.5. The minimum atomic E-state index is -1.13. The number of aliphatic carboxylic acids is 1. The van der Waals surface area contributed by atoms with Crippen molar-refractivity contribution in [1.82, 2.24) is 9.80 Å². The van der Waals surface area contributed by atoms with E-state index < -0.39 is 18.0 Å². The molecule has 29 heavy (non-hydrogen) atoms. The molecule has 0 radical (unpaired) electrons. The van der Waals surface area contributed by atoms with Gasteiger partial charge >= 0.3 is 5.97 Å². The van der Waals surface area contributed by atoms with E-state index in [1.807, 2.05) is 18.2 Å². The Labute approximate surface area is 177 Å². The molecule has 0 aliphatic carbocycles. The van der Waals surface area contributed by atoms with Crippen LogP contribution in [-0.4, -0.2) is 67.6 Å². The van der Waals surface area contributed by atoms with Crippen LogP contribution in [0.25, 0.3) is 0 Å². The van der Waals surface area contributed by atoms with E-state index in [1.165, 1.54) is 28.4 Å². The Kier molecular flexibility index (Phi) is 5.63. The lowest BCUT2D eigenvalue weighted by Gasteiger charge is -2.44. The molecule has 154 valence electrons. The predicted molar refractivity (Wildman–Crippen MR) is 111 cm³/mol. The summed E-state index contributed by atoms with van der Waals surface area (Å²) in [6.45, 7) is 2.96. The van der Waals surface area contributed by atoms with Gasteiger partial charge in [-0.3, -0.25) is 14.5 Å². The highest BCUT2D eigenvalue weighted by atomic mass is 32.2. The molecule has 4 atom stereocenters. The molecule has 0 unspecified atom stereocenters. The molecule has 1 aromatic carbocycles. The van der Waals surface area contributed by atoms with E-state index in [0.717, 1.165) is 6.42 Å². The van der Waals surface area contributed by atoms with E-state index >= 15 is 0 Å². The van der Waals surface area contributed by atoms with Crippen molar-refractivity contribution in [2.24, 2.45) is 5.92 Å². The van der Waals surface area contributed by atoms with Gasteiger partial charge in [0.05, 0.1) is 16.3 Å². The van der Waals surface area contributed by atoms with Gasteiger partial charge in [-0.25, -0.2) is 4.79 Å². The van der Waals surface area contributed by atoms with Crippen molar-refractivity contribution in [3.8, 4) is 0 Å². The number of hydrogen-bond donors (Lipinski definition) is 2. The van der Waals surface area contributed by atoms with Crippen LogP contribution in [-0.2, 0) is 9.59 Å². The molecule has 0 aromatic heterocycles. The third-order valence-electron chi connectivity index (χ3n) is 5.51. The Hall–Kier alpha value is -1.97. The summed E-state index contributed by atoms with van der Waals surface area (Å²) in [6.07, 6.45) is 0.451. The minimum Gasteiger partial charge on any atom is -0.477 e. The van der Waals surface area contributed by atoms with Gasteiger partial charge in [0.2, 0.25) is 5.91 Å². The topological polar surface area (TPSA) is 98.2 Å². The number of rotatable bonds is 6. The fourth-order valence-corrected chi connectivity index (χ4v) is 7.20. The fourth-order valence-electron chi connectivity index (χ4n) is 3.92. The van der Waals surface area contributed by atoms with E-state index in [0.29, 0.717) is 29.3 Å². The standard InChI is InChI=1S/C20H22N2O5S2/c1-2-13(23)14-17(25)22-15(19(26)27)20(29-18(14)22)28-12-8-9-21(10-12)16(24)11-6-4-3-5-7-11/h3-7,12-14,18,23H,2,8-10H2,1H3,(H,26,27)/t12-,13-,14+,18+/m0/s1. The number of nitrogens with zero attached hydrogens (tertiary/aromatic N) is 2. The molecule has 9 heteroatoms. The summed E-state index contributed by atoms with van der Waals surface area (Å²) in [5, 5.41) is 19.5. The molecular weight excluding hydrogens is 412 g/mol. The molecule has 0 saturated carbocycles. The van der Waals surface area contributed by atoms with Gasteiger partial charge in [0.15, 0.2) is 5.70 Å². The zero-order chi connectivity index (χ0) is 20.7. The Morgan fingerprint density at radius 3 is 2.69 bits per heavy atom. The number of amides is 2. The maximum atomic E-state index is 12.6. The number of carboxylic acids is 1. The Bertz CT molecular complexity index is 875. The third-order valence-corrected chi connectivity index (χ3v) is 8.36. The molecule has 2 fully saturated rings.